The van der Waals surface area contributed by atoms with E-state index in [4.69, 9.17) is 9.15 Å². The lowest BCUT2D eigenvalue weighted by Crippen LogP contribution is -2.02. The van der Waals surface area contributed by atoms with Gasteiger partial charge in [-0.15, -0.1) is 23.7 Å². The van der Waals surface area contributed by atoms with Crippen LogP contribution in [0.5, 0.6) is 5.75 Å². The van der Waals surface area contributed by atoms with Gasteiger partial charge >= 0.3 is 5.63 Å². The van der Waals surface area contributed by atoms with E-state index < -0.39 is 5.63 Å². The molecule has 4 nitrogen and oxygen atoms in total. The summed E-state index contributed by atoms with van der Waals surface area (Å²) >= 11 is 8.29. The van der Waals surface area contributed by atoms with Crippen molar-refractivity contribution in [3.05, 3.63) is 67.2 Å². The summed E-state index contributed by atoms with van der Waals surface area (Å²) in [7, 11) is 1.63. The molecule has 0 aliphatic carbocycles. The van der Waals surface area contributed by atoms with Gasteiger partial charge in [0.25, 0.3) is 0 Å². The third kappa shape index (κ3) is 3.96. The maximum absolute atomic E-state index is 12.5. The summed E-state index contributed by atoms with van der Waals surface area (Å²) in [4.78, 5) is 17.1. The lowest BCUT2D eigenvalue weighted by Gasteiger charge is -2.03. The Labute approximate surface area is 181 Å². The number of thiazole rings is 1. The van der Waals surface area contributed by atoms with Gasteiger partial charge in [-0.25, -0.2) is 9.78 Å². The third-order valence-corrected chi connectivity index (χ3v) is 5.79. The molecule has 8 heteroatoms. The Hall–Kier alpha value is -1.67. The van der Waals surface area contributed by atoms with Crippen molar-refractivity contribution in [3.63, 3.8) is 0 Å². The molecule has 0 N–H and O–H groups in total. The molecule has 0 saturated heterocycles. The molecule has 0 spiro atoms. The number of aromatic nitrogens is 1. The minimum absolute atomic E-state index is 0. The second-order valence-corrected chi connectivity index (χ2v) is 8.15. The summed E-state index contributed by atoms with van der Waals surface area (Å²) in [6.45, 7) is 0. The van der Waals surface area contributed by atoms with E-state index in [9.17, 15) is 4.79 Å². The molecule has 0 aliphatic heterocycles. The quantitative estimate of drug-likeness (QED) is 0.283. The second kappa shape index (κ2) is 8.14. The van der Waals surface area contributed by atoms with Gasteiger partial charge in [0.2, 0.25) is 0 Å². The fourth-order valence-electron chi connectivity index (χ4n) is 2.60. The van der Waals surface area contributed by atoms with Crippen LogP contribution in [0, 0.1) is 0 Å². The van der Waals surface area contributed by atoms with Crippen molar-refractivity contribution < 1.29 is 9.15 Å². The number of fused-ring (bicyclic) bond motifs is 1. The van der Waals surface area contributed by atoms with E-state index in [1.165, 1.54) is 11.3 Å². The summed E-state index contributed by atoms with van der Waals surface area (Å²) < 4.78 is 12.3. The third-order valence-electron chi connectivity index (χ3n) is 3.87. The lowest BCUT2D eigenvalue weighted by atomic mass is 10.1. The number of hydrogen-bond donors (Lipinski definition) is 0. The molecular formula is C19H12Br2ClNO3S. The molecule has 0 unspecified atom stereocenters. The first-order valence-electron chi connectivity index (χ1n) is 7.58. The van der Waals surface area contributed by atoms with Gasteiger partial charge in [-0.05, 0) is 58.4 Å². The molecule has 0 radical (unpaired) electrons. The monoisotopic (exact) mass is 527 g/mol. The van der Waals surface area contributed by atoms with Crippen LogP contribution in [0.3, 0.4) is 0 Å². The number of hydrogen-bond acceptors (Lipinski definition) is 5. The second-order valence-electron chi connectivity index (χ2n) is 5.52. The number of nitrogens with zero attached hydrogens (tertiary/aromatic N) is 1. The van der Waals surface area contributed by atoms with E-state index in [0.29, 0.717) is 16.2 Å². The van der Waals surface area contributed by atoms with Gasteiger partial charge in [-0.3, -0.25) is 0 Å². The van der Waals surface area contributed by atoms with Crippen molar-refractivity contribution in [1.29, 1.82) is 0 Å². The van der Waals surface area contributed by atoms with Gasteiger partial charge in [0.1, 0.15) is 10.8 Å². The van der Waals surface area contributed by atoms with E-state index in [1.807, 2.05) is 47.8 Å². The maximum Gasteiger partial charge on any atom is 0.346 e. The highest BCUT2D eigenvalue weighted by Crippen LogP contribution is 2.32. The molecule has 0 atom stereocenters. The van der Waals surface area contributed by atoms with E-state index in [2.05, 4.69) is 36.8 Å². The van der Waals surface area contributed by atoms with E-state index >= 15 is 0 Å². The average molecular weight is 530 g/mol. The molecule has 4 aromatic rings. The van der Waals surface area contributed by atoms with Crippen LogP contribution in [0.15, 0.2) is 66.0 Å². The first-order chi connectivity index (χ1) is 12.5. The smallest absolute Gasteiger partial charge is 0.346 e. The Morgan fingerprint density at radius 1 is 1.11 bits per heavy atom. The summed E-state index contributed by atoms with van der Waals surface area (Å²) in [6.07, 6.45) is 0. The van der Waals surface area contributed by atoms with Gasteiger partial charge in [0.15, 0.2) is 5.58 Å². The molecule has 2 heterocycles. The van der Waals surface area contributed by atoms with Crippen molar-refractivity contribution in [2.75, 3.05) is 7.11 Å². The van der Waals surface area contributed by atoms with Crippen molar-refractivity contribution in [1.82, 2.24) is 4.98 Å². The van der Waals surface area contributed by atoms with Crippen LogP contribution < -0.4 is 10.4 Å². The van der Waals surface area contributed by atoms with E-state index in [-0.39, 0.29) is 12.4 Å². The normalized spacial score (nSPS) is 10.6. The van der Waals surface area contributed by atoms with Gasteiger partial charge in [0.05, 0.1) is 22.8 Å². The molecule has 0 fully saturated rings. The molecule has 27 heavy (non-hydrogen) atoms. The fourth-order valence-corrected chi connectivity index (χ4v) is 4.77. The number of rotatable bonds is 3. The highest BCUT2D eigenvalue weighted by atomic mass is 79.9. The minimum Gasteiger partial charge on any atom is -0.497 e. The number of ether oxygens (including phenoxy) is 1. The minimum atomic E-state index is -0.406. The van der Waals surface area contributed by atoms with Gasteiger partial charge in [-0.2, -0.15) is 0 Å². The molecule has 2 aromatic heterocycles. The van der Waals surface area contributed by atoms with E-state index in [0.717, 1.165) is 31.3 Å². The topological polar surface area (TPSA) is 52.3 Å². The van der Waals surface area contributed by atoms with Crippen LogP contribution in [0.4, 0.5) is 0 Å². The van der Waals surface area contributed by atoms with Crippen molar-refractivity contribution in [3.8, 4) is 27.6 Å². The van der Waals surface area contributed by atoms with Crippen LogP contribution in [0.1, 0.15) is 0 Å². The first kappa shape index (κ1) is 20.1. The van der Waals surface area contributed by atoms with E-state index in [1.54, 1.807) is 7.11 Å². The predicted octanol–water partition coefficient (Wildman–Crippen LogP) is 6.54. The molecule has 0 amide bonds. The number of methoxy groups -OCH3 is 1. The number of benzene rings is 2. The Bertz CT molecular complexity index is 1170. The zero-order valence-corrected chi connectivity index (χ0v) is 18.7. The highest BCUT2D eigenvalue weighted by Gasteiger charge is 2.14. The fraction of sp³-hybridized carbons (Fsp3) is 0.0526. The zero-order valence-electron chi connectivity index (χ0n) is 13.9. The van der Waals surface area contributed by atoms with Crippen molar-refractivity contribution in [2.45, 2.75) is 0 Å². The Balaban J connectivity index is 0.00000210. The molecular weight excluding hydrogens is 518 g/mol. The van der Waals surface area contributed by atoms with Gasteiger partial charge in [0, 0.05) is 20.8 Å². The first-order valence-corrected chi connectivity index (χ1v) is 10.0. The van der Waals surface area contributed by atoms with Crippen LogP contribution in [-0.2, 0) is 0 Å². The standard InChI is InChI=1S/C19H11Br2NO3S.ClH/c1-24-13-4-2-10(3-5-13)16-9-26-18(22-16)14-7-11-6-12(20)8-15(21)17(11)25-19(14)23;/h2-9H,1H3;1H. The Morgan fingerprint density at radius 2 is 1.85 bits per heavy atom. The maximum atomic E-state index is 12.5. The van der Waals surface area contributed by atoms with Crippen LogP contribution in [0.2, 0.25) is 0 Å². The van der Waals surface area contributed by atoms with Gasteiger partial charge in [-0.1, -0.05) is 15.9 Å². The molecule has 0 aliphatic rings. The summed E-state index contributed by atoms with van der Waals surface area (Å²) in [6, 6.07) is 13.2. The predicted molar refractivity (Wildman–Crippen MR) is 118 cm³/mol. The van der Waals surface area contributed by atoms with Crippen LogP contribution in [0.25, 0.3) is 32.8 Å². The zero-order chi connectivity index (χ0) is 18.3. The van der Waals surface area contributed by atoms with Crippen molar-refractivity contribution in [2.24, 2.45) is 0 Å². The largest absolute Gasteiger partial charge is 0.497 e. The van der Waals surface area contributed by atoms with Gasteiger partial charge < -0.3 is 9.15 Å². The van der Waals surface area contributed by atoms with Crippen LogP contribution in [-0.4, -0.2) is 12.1 Å². The lowest BCUT2D eigenvalue weighted by molar-refractivity contribution is 0.415. The average Bonchev–Trinajstić information content (AvgIpc) is 3.12. The highest BCUT2D eigenvalue weighted by molar-refractivity contribution is 9.11. The molecule has 0 saturated carbocycles. The molecule has 138 valence electrons. The number of halogens is 3. The Morgan fingerprint density at radius 3 is 2.56 bits per heavy atom. The van der Waals surface area contributed by atoms with Crippen LogP contribution >= 0.6 is 55.6 Å². The SMILES string of the molecule is COc1ccc(-c2csc(-c3cc4cc(Br)cc(Br)c4oc3=O)n2)cc1.Cl. The molecule has 2 aromatic carbocycles. The van der Waals surface area contributed by atoms with Crippen molar-refractivity contribution >= 4 is 66.6 Å². The summed E-state index contributed by atoms with van der Waals surface area (Å²) in [5, 5.41) is 3.38. The molecule has 0 bridgehead atoms. The molecule has 4 rings (SSSR count). The summed E-state index contributed by atoms with van der Waals surface area (Å²) in [5.74, 6) is 0.788. The Kier molecular flexibility index (Phi) is 6.05. The summed E-state index contributed by atoms with van der Waals surface area (Å²) in [5.41, 5.74) is 2.34.